The van der Waals surface area contributed by atoms with E-state index in [1.165, 1.54) is 0 Å². The van der Waals surface area contributed by atoms with Crippen molar-refractivity contribution in [1.29, 1.82) is 0 Å². The molecule has 0 heterocycles. The molecule has 0 atom stereocenters. The lowest BCUT2D eigenvalue weighted by molar-refractivity contribution is 0.313. The molecule has 0 unspecified atom stereocenters. The number of aryl methyl sites for hydroxylation is 2. The Labute approximate surface area is 103 Å². The van der Waals surface area contributed by atoms with Gasteiger partial charge in [-0.1, -0.05) is 6.92 Å². The number of nitrogens with one attached hydrogen (secondary N) is 1. The highest BCUT2D eigenvalue weighted by molar-refractivity contribution is 7.92. The summed E-state index contributed by atoms with van der Waals surface area (Å²) in [6.45, 7) is 6.53. The third-order valence-corrected chi connectivity index (χ3v) is 2.82. The van der Waals surface area contributed by atoms with Gasteiger partial charge in [0.05, 0.1) is 12.9 Å². The number of benzene rings is 1. The molecule has 0 saturated heterocycles. The van der Waals surface area contributed by atoms with Crippen LogP contribution in [0.2, 0.25) is 0 Å². The van der Waals surface area contributed by atoms with E-state index in [1.807, 2.05) is 20.8 Å². The van der Waals surface area contributed by atoms with Crippen molar-refractivity contribution in [3.8, 4) is 5.75 Å². The average molecular weight is 257 g/mol. The van der Waals surface area contributed by atoms with Crippen LogP contribution in [0.3, 0.4) is 0 Å². The summed E-state index contributed by atoms with van der Waals surface area (Å²) in [5.41, 5.74) is 2.44. The number of rotatable bonds is 5. The molecule has 0 fully saturated rings. The summed E-state index contributed by atoms with van der Waals surface area (Å²) in [4.78, 5) is 0. The van der Waals surface area contributed by atoms with Crippen molar-refractivity contribution in [2.75, 3.05) is 17.6 Å². The van der Waals surface area contributed by atoms with Crippen LogP contribution in [0.15, 0.2) is 12.1 Å². The van der Waals surface area contributed by atoms with Gasteiger partial charge in [0.2, 0.25) is 10.0 Å². The van der Waals surface area contributed by atoms with Gasteiger partial charge in [-0.3, -0.25) is 4.72 Å². The van der Waals surface area contributed by atoms with Crippen molar-refractivity contribution in [3.05, 3.63) is 23.3 Å². The first-order chi connectivity index (χ1) is 7.83. The van der Waals surface area contributed by atoms with E-state index in [4.69, 9.17) is 4.74 Å². The summed E-state index contributed by atoms with van der Waals surface area (Å²) < 4.78 is 30.4. The lowest BCUT2D eigenvalue weighted by atomic mass is 10.1. The highest BCUT2D eigenvalue weighted by atomic mass is 32.2. The van der Waals surface area contributed by atoms with E-state index < -0.39 is 10.0 Å². The van der Waals surface area contributed by atoms with Gasteiger partial charge in [0, 0.05) is 5.69 Å². The molecule has 0 aliphatic heterocycles. The fourth-order valence-electron chi connectivity index (χ4n) is 1.66. The third-order valence-electron chi connectivity index (χ3n) is 2.21. The van der Waals surface area contributed by atoms with Crippen LogP contribution in [0.5, 0.6) is 5.75 Å². The summed E-state index contributed by atoms with van der Waals surface area (Å²) >= 11 is 0. The Morgan fingerprint density at radius 2 is 1.76 bits per heavy atom. The molecule has 96 valence electrons. The summed E-state index contributed by atoms with van der Waals surface area (Å²) in [7, 11) is -3.23. The Kier molecular flexibility index (Phi) is 4.40. The molecule has 1 aromatic rings. The van der Waals surface area contributed by atoms with Gasteiger partial charge in [-0.25, -0.2) is 8.42 Å². The molecule has 4 nitrogen and oxygen atoms in total. The van der Waals surface area contributed by atoms with Crippen molar-refractivity contribution < 1.29 is 13.2 Å². The SMILES string of the molecule is CCCOc1c(C)cc(NS(C)(=O)=O)cc1C. The van der Waals surface area contributed by atoms with Crippen LogP contribution in [-0.2, 0) is 10.0 Å². The molecule has 0 saturated carbocycles. The largest absolute Gasteiger partial charge is 0.493 e. The number of sulfonamides is 1. The molecule has 1 rings (SSSR count). The smallest absolute Gasteiger partial charge is 0.229 e. The molecular weight excluding hydrogens is 238 g/mol. The van der Waals surface area contributed by atoms with E-state index in [0.29, 0.717) is 12.3 Å². The summed E-state index contributed by atoms with van der Waals surface area (Å²) in [5, 5.41) is 0. The lowest BCUT2D eigenvalue weighted by Crippen LogP contribution is -2.10. The maximum absolute atomic E-state index is 11.1. The predicted molar refractivity (Wildman–Crippen MR) is 70.2 cm³/mol. The minimum atomic E-state index is -3.23. The number of ether oxygens (including phenoxy) is 1. The van der Waals surface area contributed by atoms with Crippen LogP contribution < -0.4 is 9.46 Å². The third kappa shape index (κ3) is 4.26. The standard InChI is InChI=1S/C12H19NO3S/c1-5-6-16-12-9(2)7-11(8-10(12)3)13-17(4,14)15/h7-8,13H,5-6H2,1-4H3. The van der Waals surface area contributed by atoms with Crippen molar-refractivity contribution >= 4 is 15.7 Å². The molecule has 1 aromatic carbocycles. The molecule has 17 heavy (non-hydrogen) atoms. The zero-order valence-corrected chi connectivity index (χ0v) is 11.5. The van der Waals surface area contributed by atoms with E-state index in [2.05, 4.69) is 4.72 Å². The van der Waals surface area contributed by atoms with Crippen molar-refractivity contribution in [1.82, 2.24) is 0 Å². The fraction of sp³-hybridized carbons (Fsp3) is 0.500. The highest BCUT2D eigenvalue weighted by Gasteiger charge is 2.08. The first-order valence-corrected chi connectivity index (χ1v) is 7.44. The second-order valence-electron chi connectivity index (χ2n) is 4.16. The molecule has 0 radical (unpaired) electrons. The molecule has 0 aliphatic rings. The normalized spacial score (nSPS) is 11.3. The minimum absolute atomic E-state index is 0.575. The van der Waals surface area contributed by atoms with Gasteiger partial charge in [0.1, 0.15) is 5.75 Å². The van der Waals surface area contributed by atoms with Crippen molar-refractivity contribution in [2.45, 2.75) is 27.2 Å². The molecule has 0 aliphatic carbocycles. The van der Waals surface area contributed by atoms with Crippen LogP contribution in [0, 0.1) is 13.8 Å². The Hall–Kier alpha value is -1.23. The molecule has 1 N–H and O–H groups in total. The second-order valence-corrected chi connectivity index (χ2v) is 5.91. The first-order valence-electron chi connectivity index (χ1n) is 5.55. The molecule has 0 aromatic heterocycles. The van der Waals surface area contributed by atoms with E-state index in [-0.39, 0.29) is 0 Å². The van der Waals surface area contributed by atoms with Crippen molar-refractivity contribution in [2.24, 2.45) is 0 Å². The van der Waals surface area contributed by atoms with Gasteiger partial charge >= 0.3 is 0 Å². The van der Waals surface area contributed by atoms with E-state index in [1.54, 1.807) is 12.1 Å². The lowest BCUT2D eigenvalue weighted by Gasteiger charge is -2.14. The Bertz CT molecular complexity index is 471. The summed E-state index contributed by atoms with van der Waals surface area (Å²) in [5.74, 6) is 0.839. The van der Waals surface area contributed by atoms with Crippen LogP contribution in [0.25, 0.3) is 0 Å². The van der Waals surface area contributed by atoms with Crippen LogP contribution in [0.1, 0.15) is 24.5 Å². The fourth-order valence-corrected chi connectivity index (χ4v) is 2.20. The number of anilines is 1. The molecule has 0 bridgehead atoms. The van der Waals surface area contributed by atoms with Crippen LogP contribution in [-0.4, -0.2) is 21.3 Å². The monoisotopic (exact) mass is 257 g/mol. The number of hydrogen-bond donors (Lipinski definition) is 1. The topological polar surface area (TPSA) is 55.4 Å². The highest BCUT2D eigenvalue weighted by Crippen LogP contribution is 2.27. The Balaban J connectivity index is 3.01. The van der Waals surface area contributed by atoms with Gasteiger partial charge in [-0.2, -0.15) is 0 Å². The van der Waals surface area contributed by atoms with E-state index in [0.717, 1.165) is 29.6 Å². The van der Waals surface area contributed by atoms with Gasteiger partial charge in [0.25, 0.3) is 0 Å². The molecule has 0 amide bonds. The zero-order valence-electron chi connectivity index (χ0n) is 10.7. The van der Waals surface area contributed by atoms with Crippen molar-refractivity contribution in [3.63, 3.8) is 0 Å². The van der Waals surface area contributed by atoms with Gasteiger partial charge in [-0.15, -0.1) is 0 Å². The zero-order chi connectivity index (χ0) is 13.1. The molecule has 0 spiro atoms. The van der Waals surface area contributed by atoms with Gasteiger partial charge < -0.3 is 4.74 Å². The Morgan fingerprint density at radius 3 is 2.18 bits per heavy atom. The Morgan fingerprint density at radius 1 is 1.24 bits per heavy atom. The van der Waals surface area contributed by atoms with Gasteiger partial charge in [0.15, 0.2) is 0 Å². The average Bonchev–Trinajstić information content (AvgIpc) is 2.13. The van der Waals surface area contributed by atoms with Crippen LogP contribution >= 0.6 is 0 Å². The predicted octanol–water partition coefficient (Wildman–Crippen LogP) is 2.46. The second kappa shape index (κ2) is 5.40. The number of hydrogen-bond acceptors (Lipinski definition) is 3. The minimum Gasteiger partial charge on any atom is -0.493 e. The van der Waals surface area contributed by atoms with E-state index in [9.17, 15) is 8.42 Å². The summed E-state index contributed by atoms with van der Waals surface area (Å²) in [6.07, 6.45) is 2.08. The first kappa shape index (κ1) is 13.8. The van der Waals surface area contributed by atoms with Gasteiger partial charge in [-0.05, 0) is 43.5 Å². The van der Waals surface area contributed by atoms with Crippen LogP contribution in [0.4, 0.5) is 5.69 Å². The molecule has 5 heteroatoms. The summed E-state index contributed by atoms with van der Waals surface area (Å²) in [6, 6.07) is 3.55. The van der Waals surface area contributed by atoms with E-state index >= 15 is 0 Å². The maximum Gasteiger partial charge on any atom is 0.229 e. The quantitative estimate of drug-likeness (QED) is 0.881. The molecular formula is C12H19NO3S. The maximum atomic E-state index is 11.1.